The maximum atomic E-state index is 9.81. The number of para-hydroxylation sites is 1. The number of aliphatic hydroxyl groups is 1. The molecule has 4 nitrogen and oxygen atoms in total. The molecule has 2 N–H and O–H groups in total. The highest BCUT2D eigenvalue weighted by molar-refractivity contribution is 6.37. The molecule has 1 aromatic rings. The molecule has 20 heavy (non-hydrogen) atoms. The normalized spacial score (nSPS) is 17.4. The van der Waals surface area contributed by atoms with E-state index in [2.05, 4.69) is 5.48 Å². The summed E-state index contributed by atoms with van der Waals surface area (Å²) in [6, 6.07) is 5.12. The zero-order chi connectivity index (χ0) is 14.4. The monoisotopic (exact) mass is 319 g/mol. The lowest BCUT2D eigenvalue weighted by Gasteiger charge is -2.16. The third-order valence-corrected chi connectivity index (χ3v) is 3.81. The second-order valence-electron chi connectivity index (χ2n) is 4.89. The molecule has 0 spiro atoms. The van der Waals surface area contributed by atoms with Crippen LogP contribution in [0.5, 0.6) is 5.75 Å². The molecule has 1 fully saturated rings. The van der Waals surface area contributed by atoms with Gasteiger partial charge in [-0.05, 0) is 25.0 Å². The summed E-state index contributed by atoms with van der Waals surface area (Å²) < 4.78 is 5.44. The Morgan fingerprint density at radius 2 is 1.90 bits per heavy atom. The van der Waals surface area contributed by atoms with Crippen LogP contribution < -0.4 is 10.2 Å². The van der Waals surface area contributed by atoms with Crippen LogP contribution in [-0.4, -0.2) is 30.5 Å². The van der Waals surface area contributed by atoms with Crippen LogP contribution in [0.2, 0.25) is 10.0 Å². The van der Waals surface area contributed by atoms with E-state index in [1.54, 1.807) is 18.2 Å². The lowest BCUT2D eigenvalue weighted by Crippen LogP contribution is -2.33. The van der Waals surface area contributed by atoms with E-state index in [4.69, 9.17) is 32.8 Å². The number of nitrogens with one attached hydrogen (secondary N) is 1. The Morgan fingerprint density at radius 3 is 2.55 bits per heavy atom. The number of hydrogen-bond donors (Lipinski definition) is 2. The molecular formula is C14H19Cl2NO3. The largest absolute Gasteiger partial charge is 0.488 e. The number of benzene rings is 1. The minimum atomic E-state index is -0.691. The first-order valence-corrected chi connectivity index (χ1v) is 7.56. The zero-order valence-electron chi connectivity index (χ0n) is 11.1. The molecule has 0 radical (unpaired) electrons. The van der Waals surface area contributed by atoms with Gasteiger partial charge in [0, 0.05) is 0 Å². The lowest BCUT2D eigenvalue weighted by molar-refractivity contribution is -0.0417. The van der Waals surface area contributed by atoms with Gasteiger partial charge in [-0.2, -0.15) is 5.48 Å². The number of hydroxylamine groups is 1. The summed E-state index contributed by atoms with van der Waals surface area (Å²) in [6.45, 7) is 0.406. The lowest BCUT2D eigenvalue weighted by atomic mass is 10.3. The first kappa shape index (κ1) is 15.9. The summed E-state index contributed by atoms with van der Waals surface area (Å²) >= 11 is 11.9. The number of aliphatic hydroxyl groups excluding tert-OH is 1. The molecule has 0 aromatic heterocycles. The van der Waals surface area contributed by atoms with E-state index >= 15 is 0 Å². The van der Waals surface area contributed by atoms with Gasteiger partial charge in [0.05, 0.1) is 22.7 Å². The van der Waals surface area contributed by atoms with Crippen molar-refractivity contribution in [3.63, 3.8) is 0 Å². The molecule has 1 aromatic carbocycles. The molecular weight excluding hydrogens is 301 g/mol. The fourth-order valence-corrected chi connectivity index (χ4v) is 2.63. The minimum Gasteiger partial charge on any atom is -0.488 e. The van der Waals surface area contributed by atoms with Crippen molar-refractivity contribution in [1.82, 2.24) is 5.48 Å². The van der Waals surface area contributed by atoms with Gasteiger partial charge in [0.1, 0.15) is 12.7 Å². The van der Waals surface area contributed by atoms with Crippen molar-refractivity contribution in [2.24, 2.45) is 0 Å². The SMILES string of the molecule is OC(CNOC1CCCC1)COc1c(Cl)cccc1Cl. The second kappa shape index (κ2) is 8.05. The number of rotatable bonds is 7. The second-order valence-corrected chi connectivity index (χ2v) is 5.70. The average Bonchev–Trinajstić information content (AvgIpc) is 2.91. The quantitative estimate of drug-likeness (QED) is 0.758. The van der Waals surface area contributed by atoms with Gasteiger partial charge >= 0.3 is 0 Å². The smallest absolute Gasteiger partial charge is 0.156 e. The number of ether oxygens (including phenoxy) is 1. The maximum absolute atomic E-state index is 9.81. The van der Waals surface area contributed by atoms with Crippen LogP contribution in [-0.2, 0) is 4.84 Å². The van der Waals surface area contributed by atoms with Gasteiger partial charge < -0.3 is 9.84 Å². The van der Waals surface area contributed by atoms with E-state index in [0.717, 1.165) is 12.8 Å². The third kappa shape index (κ3) is 4.79. The molecule has 1 aliphatic rings. The predicted octanol–water partition coefficient (Wildman–Crippen LogP) is 3.20. The summed E-state index contributed by atoms with van der Waals surface area (Å²) in [6.07, 6.45) is 4.15. The van der Waals surface area contributed by atoms with Crippen molar-refractivity contribution in [3.05, 3.63) is 28.2 Å². The van der Waals surface area contributed by atoms with Crippen LogP contribution in [0.1, 0.15) is 25.7 Å². The van der Waals surface area contributed by atoms with E-state index in [1.165, 1.54) is 12.8 Å². The fourth-order valence-electron chi connectivity index (χ4n) is 2.13. The van der Waals surface area contributed by atoms with E-state index in [-0.39, 0.29) is 12.7 Å². The highest BCUT2D eigenvalue weighted by atomic mass is 35.5. The maximum Gasteiger partial charge on any atom is 0.156 e. The van der Waals surface area contributed by atoms with E-state index < -0.39 is 6.10 Å². The molecule has 1 unspecified atom stereocenters. The van der Waals surface area contributed by atoms with Gasteiger partial charge in [0.25, 0.3) is 0 Å². The predicted molar refractivity (Wildman–Crippen MR) is 79.3 cm³/mol. The Labute approximate surface area is 128 Å². The standard InChI is InChI=1S/C14H19Cl2NO3/c15-12-6-3-7-13(16)14(12)19-9-10(18)8-17-20-11-4-1-2-5-11/h3,6-7,10-11,17-18H,1-2,4-5,8-9H2. The van der Waals surface area contributed by atoms with Gasteiger partial charge in [-0.15, -0.1) is 0 Å². The van der Waals surface area contributed by atoms with E-state index in [0.29, 0.717) is 22.3 Å². The van der Waals surface area contributed by atoms with E-state index in [1.807, 2.05) is 0 Å². The summed E-state index contributed by atoms with van der Waals surface area (Å²) in [4.78, 5) is 5.46. The Hall–Kier alpha value is -0.520. The van der Waals surface area contributed by atoms with Crippen molar-refractivity contribution in [1.29, 1.82) is 0 Å². The van der Waals surface area contributed by atoms with Crippen molar-refractivity contribution in [2.75, 3.05) is 13.2 Å². The van der Waals surface area contributed by atoms with Crippen molar-refractivity contribution < 1.29 is 14.7 Å². The van der Waals surface area contributed by atoms with Crippen LogP contribution >= 0.6 is 23.2 Å². The molecule has 0 aliphatic heterocycles. The highest BCUT2D eigenvalue weighted by Gasteiger charge is 2.16. The zero-order valence-corrected chi connectivity index (χ0v) is 12.7. The number of hydrogen-bond acceptors (Lipinski definition) is 4. The summed E-state index contributed by atoms with van der Waals surface area (Å²) in [5.74, 6) is 0.395. The molecule has 0 bridgehead atoms. The van der Waals surface area contributed by atoms with Crippen LogP contribution in [0.15, 0.2) is 18.2 Å². The summed E-state index contributed by atoms with van der Waals surface area (Å²) in [5.41, 5.74) is 2.80. The van der Waals surface area contributed by atoms with Crippen molar-refractivity contribution >= 4 is 23.2 Å². The molecule has 1 saturated carbocycles. The van der Waals surface area contributed by atoms with Crippen LogP contribution in [0.25, 0.3) is 0 Å². The third-order valence-electron chi connectivity index (χ3n) is 3.21. The van der Waals surface area contributed by atoms with Gasteiger partial charge in [-0.3, -0.25) is 4.84 Å². The Morgan fingerprint density at radius 1 is 1.25 bits per heavy atom. The number of halogens is 2. The summed E-state index contributed by atoms with van der Waals surface area (Å²) in [5, 5.41) is 10.7. The fraction of sp³-hybridized carbons (Fsp3) is 0.571. The summed E-state index contributed by atoms with van der Waals surface area (Å²) in [7, 11) is 0. The topological polar surface area (TPSA) is 50.7 Å². The molecule has 112 valence electrons. The van der Waals surface area contributed by atoms with Crippen LogP contribution in [0.3, 0.4) is 0 Å². The van der Waals surface area contributed by atoms with Gasteiger partial charge in [0.2, 0.25) is 0 Å². The average molecular weight is 320 g/mol. The molecule has 1 atom stereocenters. The van der Waals surface area contributed by atoms with Crippen LogP contribution in [0.4, 0.5) is 0 Å². The highest BCUT2D eigenvalue weighted by Crippen LogP contribution is 2.32. The molecule has 6 heteroatoms. The molecule has 0 amide bonds. The molecule has 0 saturated heterocycles. The Kier molecular flexibility index (Phi) is 6.39. The molecule has 0 heterocycles. The van der Waals surface area contributed by atoms with Gasteiger partial charge in [-0.1, -0.05) is 42.1 Å². The first-order valence-electron chi connectivity index (χ1n) is 6.80. The van der Waals surface area contributed by atoms with Crippen LogP contribution in [0, 0.1) is 0 Å². The first-order chi connectivity index (χ1) is 9.66. The Bertz CT molecular complexity index is 405. The van der Waals surface area contributed by atoms with E-state index in [9.17, 15) is 5.11 Å². The van der Waals surface area contributed by atoms with Crippen molar-refractivity contribution in [2.45, 2.75) is 37.9 Å². The minimum absolute atomic E-state index is 0.102. The molecule has 2 rings (SSSR count). The Balaban J connectivity index is 1.68. The van der Waals surface area contributed by atoms with Gasteiger partial charge in [0.15, 0.2) is 5.75 Å². The molecule has 1 aliphatic carbocycles. The van der Waals surface area contributed by atoms with Crippen molar-refractivity contribution in [3.8, 4) is 5.75 Å². The van der Waals surface area contributed by atoms with Gasteiger partial charge in [-0.25, -0.2) is 0 Å².